The SMILES string of the molecule is CC(=O)CCC(C(N)=O)C1Cc2cccc(C)c2C1=O. The molecule has 4 heteroatoms. The fourth-order valence-corrected chi connectivity index (χ4v) is 2.99. The van der Waals surface area contributed by atoms with Crippen molar-refractivity contribution in [2.75, 3.05) is 0 Å². The van der Waals surface area contributed by atoms with E-state index in [1.807, 2.05) is 25.1 Å². The Kier molecular flexibility index (Phi) is 4.02. The van der Waals surface area contributed by atoms with Crippen LogP contribution in [0.15, 0.2) is 18.2 Å². The number of rotatable bonds is 5. The summed E-state index contributed by atoms with van der Waals surface area (Å²) < 4.78 is 0. The number of aryl methyl sites for hydroxylation is 1. The number of hydrogen-bond acceptors (Lipinski definition) is 3. The van der Waals surface area contributed by atoms with Crippen molar-refractivity contribution >= 4 is 17.5 Å². The zero-order valence-electron chi connectivity index (χ0n) is 11.8. The van der Waals surface area contributed by atoms with Crippen molar-refractivity contribution in [1.29, 1.82) is 0 Å². The highest BCUT2D eigenvalue weighted by atomic mass is 16.1. The molecule has 0 saturated carbocycles. The number of carbonyl (C=O) groups excluding carboxylic acids is 3. The molecule has 1 aliphatic carbocycles. The highest BCUT2D eigenvalue weighted by Gasteiger charge is 2.39. The molecule has 1 aromatic carbocycles. The summed E-state index contributed by atoms with van der Waals surface area (Å²) in [4.78, 5) is 35.3. The van der Waals surface area contributed by atoms with Crippen LogP contribution in [-0.2, 0) is 16.0 Å². The number of benzene rings is 1. The van der Waals surface area contributed by atoms with E-state index in [4.69, 9.17) is 5.73 Å². The van der Waals surface area contributed by atoms with Gasteiger partial charge in [0.2, 0.25) is 5.91 Å². The fraction of sp³-hybridized carbons (Fsp3) is 0.438. The number of Topliss-reactive ketones (excluding diaryl/α,β-unsaturated/α-hetero) is 2. The lowest BCUT2D eigenvalue weighted by Crippen LogP contribution is -2.33. The van der Waals surface area contributed by atoms with Gasteiger partial charge in [-0.25, -0.2) is 0 Å². The molecule has 2 N–H and O–H groups in total. The van der Waals surface area contributed by atoms with Crippen molar-refractivity contribution in [3.8, 4) is 0 Å². The lowest BCUT2D eigenvalue weighted by atomic mass is 9.84. The maximum atomic E-state index is 12.5. The molecule has 0 aliphatic heterocycles. The average molecular weight is 273 g/mol. The Morgan fingerprint density at radius 1 is 1.40 bits per heavy atom. The molecule has 2 atom stereocenters. The maximum Gasteiger partial charge on any atom is 0.221 e. The first-order valence-corrected chi connectivity index (χ1v) is 6.83. The molecule has 2 unspecified atom stereocenters. The minimum atomic E-state index is -0.557. The predicted octanol–water partition coefficient (Wildman–Crippen LogP) is 1.82. The minimum Gasteiger partial charge on any atom is -0.369 e. The molecule has 0 fully saturated rings. The van der Waals surface area contributed by atoms with Gasteiger partial charge in [0, 0.05) is 23.8 Å². The summed E-state index contributed by atoms with van der Waals surface area (Å²) >= 11 is 0. The van der Waals surface area contributed by atoms with Crippen LogP contribution < -0.4 is 5.73 Å². The first kappa shape index (κ1) is 14.4. The van der Waals surface area contributed by atoms with Gasteiger partial charge >= 0.3 is 0 Å². The van der Waals surface area contributed by atoms with Crippen LogP contribution in [0.3, 0.4) is 0 Å². The quantitative estimate of drug-likeness (QED) is 0.889. The third-order valence-electron chi connectivity index (χ3n) is 4.04. The molecule has 0 heterocycles. The Morgan fingerprint density at radius 2 is 2.10 bits per heavy atom. The van der Waals surface area contributed by atoms with Gasteiger partial charge in [0.15, 0.2) is 5.78 Å². The van der Waals surface area contributed by atoms with E-state index in [2.05, 4.69) is 0 Å². The van der Waals surface area contributed by atoms with E-state index < -0.39 is 17.7 Å². The Bertz CT molecular complexity index is 577. The van der Waals surface area contributed by atoms with E-state index >= 15 is 0 Å². The van der Waals surface area contributed by atoms with Gasteiger partial charge in [0.05, 0.1) is 0 Å². The van der Waals surface area contributed by atoms with Crippen LogP contribution in [0.5, 0.6) is 0 Å². The molecular formula is C16H19NO3. The van der Waals surface area contributed by atoms with Crippen molar-refractivity contribution < 1.29 is 14.4 Å². The molecule has 0 radical (unpaired) electrons. The number of ketones is 2. The average Bonchev–Trinajstić information content (AvgIpc) is 2.68. The molecule has 0 saturated heterocycles. The molecule has 0 bridgehead atoms. The van der Waals surface area contributed by atoms with Crippen LogP contribution in [0.25, 0.3) is 0 Å². The Balaban J connectivity index is 2.25. The van der Waals surface area contributed by atoms with Gasteiger partial charge in [-0.15, -0.1) is 0 Å². The second kappa shape index (κ2) is 5.57. The van der Waals surface area contributed by atoms with E-state index in [1.165, 1.54) is 6.92 Å². The summed E-state index contributed by atoms with van der Waals surface area (Å²) in [6, 6.07) is 5.73. The number of fused-ring (bicyclic) bond motifs is 1. The van der Waals surface area contributed by atoms with E-state index in [0.29, 0.717) is 12.8 Å². The molecule has 2 rings (SSSR count). The highest BCUT2D eigenvalue weighted by molar-refractivity contribution is 6.05. The van der Waals surface area contributed by atoms with Gasteiger partial charge < -0.3 is 10.5 Å². The summed E-state index contributed by atoms with van der Waals surface area (Å²) in [6.45, 7) is 3.38. The van der Waals surface area contributed by atoms with Gasteiger partial charge in [0.1, 0.15) is 5.78 Å². The molecule has 1 amide bonds. The summed E-state index contributed by atoms with van der Waals surface area (Å²) in [6.07, 6.45) is 1.18. The molecule has 20 heavy (non-hydrogen) atoms. The zero-order chi connectivity index (χ0) is 14.9. The van der Waals surface area contributed by atoms with Gasteiger partial charge in [-0.2, -0.15) is 0 Å². The first-order chi connectivity index (χ1) is 9.41. The van der Waals surface area contributed by atoms with Crippen LogP contribution in [-0.4, -0.2) is 17.5 Å². The largest absolute Gasteiger partial charge is 0.369 e. The smallest absolute Gasteiger partial charge is 0.221 e. The predicted molar refractivity (Wildman–Crippen MR) is 75.3 cm³/mol. The van der Waals surface area contributed by atoms with Crippen LogP contribution in [0.4, 0.5) is 0 Å². The Hall–Kier alpha value is -1.97. The molecule has 0 spiro atoms. The van der Waals surface area contributed by atoms with Crippen molar-refractivity contribution in [3.05, 3.63) is 34.9 Å². The van der Waals surface area contributed by atoms with E-state index in [-0.39, 0.29) is 18.0 Å². The summed E-state index contributed by atoms with van der Waals surface area (Å²) in [5.41, 5.74) is 8.08. The molecule has 106 valence electrons. The maximum absolute atomic E-state index is 12.5. The topological polar surface area (TPSA) is 77.2 Å². The van der Waals surface area contributed by atoms with Crippen LogP contribution in [0, 0.1) is 18.8 Å². The normalized spacial score (nSPS) is 18.7. The van der Waals surface area contributed by atoms with Gasteiger partial charge in [-0.3, -0.25) is 9.59 Å². The zero-order valence-corrected chi connectivity index (χ0v) is 11.8. The second-order valence-electron chi connectivity index (χ2n) is 5.53. The Morgan fingerprint density at radius 3 is 2.65 bits per heavy atom. The van der Waals surface area contributed by atoms with Crippen LogP contribution in [0.1, 0.15) is 41.3 Å². The summed E-state index contributed by atoms with van der Waals surface area (Å²) in [5.74, 6) is -1.46. The number of amides is 1. The van der Waals surface area contributed by atoms with Gasteiger partial charge in [-0.1, -0.05) is 18.2 Å². The number of carbonyl (C=O) groups is 3. The van der Waals surface area contributed by atoms with Crippen LogP contribution >= 0.6 is 0 Å². The van der Waals surface area contributed by atoms with Crippen molar-refractivity contribution in [2.24, 2.45) is 17.6 Å². The third kappa shape index (κ3) is 2.64. The molecule has 4 nitrogen and oxygen atoms in total. The minimum absolute atomic E-state index is 0.00884. The monoisotopic (exact) mass is 273 g/mol. The van der Waals surface area contributed by atoms with E-state index in [1.54, 1.807) is 0 Å². The third-order valence-corrected chi connectivity index (χ3v) is 4.04. The van der Waals surface area contributed by atoms with Gasteiger partial charge in [0.25, 0.3) is 0 Å². The Labute approximate surface area is 118 Å². The summed E-state index contributed by atoms with van der Waals surface area (Å²) in [5, 5.41) is 0. The molecular weight excluding hydrogens is 254 g/mol. The lowest BCUT2D eigenvalue weighted by Gasteiger charge is -2.18. The fourth-order valence-electron chi connectivity index (χ4n) is 2.99. The van der Waals surface area contributed by atoms with E-state index in [0.717, 1.165) is 16.7 Å². The van der Waals surface area contributed by atoms with Crippen molar-refractivity contribution in [1.82, 2.24) is 0 Å². The summed E-state index contributed by atoms with van der Waals surface area (Å²) in [7, 11) is 0. The lowest BCUT2D eigenvalue weighted by molar-refractivity contribution is -0.123. The van der Waals surface area contributed by atoms with Gasteiger partial charge in [-0.05, 0) is 37.8 Å². The number of nitrogens with two attached hydrogens (primary N) is 1. The number of hydrogen-bond donors (Lipinski definition) is 1. The van der Waals surface area contributed by atoms with Crippen molar-refractivity contribution in [3.63, 3.8) is 0 Å². The van der Waals surface area contributed by atoms with Crippen molar-refractivity contribution in [2.45, 2.75) is 33.1 Å². The molecule has 1 aliphatic rings. The van der Waals surface area contributed by atoms with E-state index in [9.17, 15) is 14.4 Å². The second-order valence-corrected chi connectivity index (χ2v) is 5.53. The standard InChI is InChI=1S/C16H19NO3/c1-9-4-3-5-11-8-13(15(19)14(9)11)12(16(17)20)7-6-10(2)18/h3-5,12-13H,6-8H2,1-2H3,(H2,17,20). The van der Waals surface area contributed by atoms with Crippen LogP contribution in [0.2, 0.25) is 0 Å². The highest BCUT2D eigenvalue weighted by Crippen LogP contribution is 2.35. The number of primary amides is 1. The molecule has 0 aromatic heterocycles. The molecule has 1 aromatic rings. The first-order valence-electron chi connectivity index (χ1n) is 6.83.